The van der Waals surface area contributed by atoms with Gasteiger partial charge in [0.05, 0.1) is 17.0 Å². The molecule has 0 unspecified atom stereocenters. The van der Waals surface area contributed by atoms with Crippen LogP contribution in [0.15, 0.2) is 78.9 Å². The second-order valence-electron chi connectivity index (χ2n) is 9.52. The molecule has 11 nitrogen and oxygen atoms in total. The highest BCUT2D eigenvalue weighted by Crippen LogP contribution is 2.25. The van der Waals surface area contributed by atoms with Crippen molar-refractivity contribution < 1.29 is 24.1 Å². The first kappa shape index (κ1) is 29.3. The number of non-ortho nitro benzene ring substituents is 1. The third-order valence-electron chi connectivity index (χ3n) is 6.49. The van der Waals surface area contributed by atoms with Crippen LogP contribution in [0.25, 0.3) is 0 Å². The molecule has 4 amide bonds. The van der Waals surface area contributed by atoms with Crippen molar-refractivity contribution in [1.29, 1.82) is 0 Å². The summed E-state index contributed by atoms with van der Waals surface area (Å²) >= 11 is 1.25. The Bertz CT molecular complexity index is 1440. The summed E-state index contributed by atoms with van der Waals surface area (Å²) in [4.78, 5) is 66.4. The second kappa shape index (κ2) is 13.6. The van der Waals surface area contributed by atoms with E-state index >= 15 is 0 Å². The van der Waals surface area contributed by atoms with Crippen LogP contribution in [0.1, 0.15) is 27.0 Å². The Labute approximate surface area is 240 Å². The van der Waals surface area contributed by atoms with E-state index in [0.717, 1.165) is 11.1 Å². The number of carbonyl (C=O) groups excluding carboxylic acids is 4. The number of rotatable bonds is 6. The van der Waals surface area contributed by atoms with Crippen LogP contribution in [0, 0.1) is 10.1 Å². The number of nitro groups is 1. The Hall–Kier alpha value is -4.71. The van der Waals surface area contributed by atoms with E-state index < -0.39 is 34.6 Å². The Kier molecular flexibility index (Phi) is 9.69. The maximum atomic E-state index is 14.0. The van der Waals surface area contributed by atoms with E-state index in [0.29, 0.717) is 5.56 Å². The van der Waals surface area contributed by atoms with Crippen molar-refractivity contribution in [3.8, 4) is 0 Å². The highest BCUT2D eigenvalue weighted by atomic mass is 32.2. The molecule has 0 bridgehead atoms. The van der Waals surface area contributed by atoms with E-state index in [1.807, 2.05) is 48.5 Å². The summed E-state index contributed by atoms with van der Waals surface area (Å²) in [5, 5.41) is 14.2. The van der Waals surface area contributed by atoms with E-state index in [9.17, 15) is 29.3 Å². The molecule has 3 aromatic carbocycles. The second-order valence-corrected chi connectivity index (χ2v) is 10.5. The van der Waals surface area contributed by atoms with Gasteiger partial charge in [0.25, 0.3) is 11.6 Å². The summed E-state index contributed by atoms with van der Waals surface area (Å²) in [5.74, 6) is -2.06. The third-order valence-corrected chi connectivity index (χ3v) is 7.57. The number of primary amides is 1. The van der Waals surface area contributed by atoms with E-state index in [-0.39, 0.29) is 48.9 Å². The van der Waals surface area contributed by atoms with Crippen LogP contribution in [-0.4, -0.2) is 63.2 Å². The summed E-state index contributed by atoms with van der Waals surface area (Å²) in [6, 6.07) is 21.1. The fourth-order valence-electron chi connectivity index (χ4n) is 4.37. The summed E-state index contributed by atoms with van der Waals surface area (Å²) in [6.45, 7) is -0.603. The quantitative estimate of drug-likeness (QED) is 0.338. The Morgan fingerprint density at radius 2 is 1.54 bits per heavy atom. The molecule has 1 aliphatic rings. The van der Waals surface area contributed by atoms with Gasteiger partial charge in [0.1, 0.15) is 12.6 Å². The van der Waals surface area contributed by atoms with Crippen molar-refractivity contribution in [2.75, 3.05) is 18.8 Å². The first-order chi connectivity index (χ1) is 19.7. The first-order valence-electron chi connectivity index (χ1n) is 12.8. The molecule has 212 valence electrons. The number of hydrogen-bond acceptors (Lipinski definition) is 7. The fraction of sp³-hybridized carbons (Fsp3) is 0.241. The highest BCUT2D eigenvalue weighted by Gasteiger charge is 2.29. The molecule has 0 saturated heterocycles. The molecule has 0 radical (unpaired) electrons. The molecular weight excluding hydrogens is 546 g/mol. The van der Waals surface area contributed by atoms with Crippen LogP contribution in [0.2, 0.25) is 0 Å². The van der Waals surface area contributed by atoms with E-state index in [4.69, 9.17) is 5.73 Å². The van der Waals surface area contributed by atoms with Crippen LogP contribution in [0.4, 0.5) is 5.69 Å². The number of hydrogen-bond donors (Lipinski definition) is 2. The first-order valence-corrected chi connectivity index (χ1v) is 14.0. The summed E-state index contributed by atoms with van der Waals surface area (Å²) in [7, 11) is 0. The van der Waals surface area contributed by atoms with Gasteiger partial charge in [0.15, 0.2) is 0 Å². The van der Waals surface area contributed by atoms with Crippen LogP contribution in [0.3, 0.4) is 0 Å². The number of benzene rings is 3. The van der Waals surface area contributed by atoms with Gasteiger partial charge < -0.3 is 20.9 Å². The molecule has 0 saturated carbocycles. The number of nitrogens with zero attached hydrogens (tertiary/aromatic N) is 3. The number of nitrogens with one attached hydrogen (secondary N) is 1. The third kappa shape index (κ3) is 7.92. The van der Waals surface area contributed by atoms with Crippen LogP contribution >= 0.6 is 11.8 Å². The molecule has 3 N–H and O–H groups in total. The molecule has 1 heterocycles. The number of nitro benzene ring substituents is 1. The van der Waals surface area contributed by atoms with Gasteiger partial charge in [0.2, 0.25) is 17.7 Å². The van der Waals surface area contributed by atoms with Crippen molar-refractivity contribution in [2.24, 2.45) is 5.73 Å². The predicted octanol–water partition coefficient (Wildman–Crippen LogP) is 2.48. The Morgan fingerprint density at radius 1 is 0.927 bits per heavy atom. The molecule has 1 atom stereocenters. The topological polar surface area (TPSA) is 156 Å². The minimum absolute atomic E-state index is 0.0653. The SMILES string of the molecule is NC(=O)[C@@H]1CSCc2ccc([N+](=O)[O-])cc2C(=O)N(Cc2ccccc2)CC(=O)N(Cc2ccccc2)CC(=O)N1. The monoisotopic (exact) mass is 575 g/mol. The smallest absolute Gasteiger partial charge is 0.270 e. The molecular formula is C29H29N5O6S. The minimum Gasteiger partial charge on any atom is -0.368 e. The summed E-state index contributed by atoms with van der Waals surface area (Å²) in [5.41, 5.74) is 7.36. The zero-order valence-corrected chi connectivity index (χ0v) is 22.9. The van der Waals surface area contributed by atoms with Gasteiger partial charge in [-0.3, -0.25) is 29.3 Å². The normalized spacial score (nSPS) is 16.9. The molecule has 41 heavy (non-hydrogen) atoms. The van der Waals surface area contributed by atoms with Crippen molar-refractivity contribution in [3.05, 3.63) is 111 Å². The number of nitrogens with two attached hydrogens (primary N) is 1. The lowest BCUT2D eigenvalue weighted by molar-refractivity contribution is -0.384. The largest absolute Gasteiger partial charge is 0.368 e. The van der Waals surface area contributed by atoms with Gasteiger partial charge in [0, 0.05) is 36.7 Å². The Morgan fingerprint density at radius 3 is 2.12 bits per heavy atom. The Balaban J connectivity index is 1.76. The lowest BCUT2D eigenvalue weighted by Crippen LogP contribution is -2.51. The molecule has 12 heteroatoms. The molecule has 0 aliphatic carbocycles. The van der Waals surface area contributed by atoms with Gasteiger partial charge in [-0.15, -0.1) is 0 Å². The lowest BCUT2D eigenvalue weighted by atomic mass is 10.1. The van der Waals surface area contributed by atoms with E-state index in [1.54, 1.807) is 12.1 Å². The van der Waals surface area contributed by atoms with Crippen molar-refractivity contribution >= 4 is 41.1 Å². The van der Waals surface area contributed by atoms with Crippen LogP contribution in [-0.2, 0) is 33.2 Å². The van der Waals surface area contributed by atoms with E-state index in [2.05, 4.69) is 5.32 Å². The number of fused-ring (bicyclic) bond motifs is 1. The van der Waals surface area contributed by atoms with Gasteiger partial charge in [-0.25, -0.2) is 0 Å². The van der Waals surface area contributed by atoms with Crippen molar-refractivity contribution in [2.45, 2.75) is 24.9 Å². The van der Waals surface area contributed by atoms with Crippen LogP contribution in [0.5, 0.6) is 0 Å². The summed E-state index contributed by atoms with van der Waals surface area (Å²) < 4.78 is 0. The maximum Gasteiger partial charge on any atom is 0.270 e. The number of amides is 4. The maximum absolute atomic E-state index is 14.0. The van der Waals surface area contributed by atoms with Gasteiger partial charge in [-0.05, 0) is 16.7 Å². The van der Waals surface area contributed by atoms with E-state index in [1.165, 1.54) is 39.8 Å². The summed E-state index contributed by atoms with van der Waals surface area (Å²) in [6.07, 6.45) is 0. The van der Waals surface area contributed by atoms with Crippen LogP contribution < -0.4 is 11.1 Å². The van der Waals surface area contributed by atoms with Gasteiger partial charge in [-0.2, -0.15) is 11.8 Å². The number of thioether (sulfide) groups is 1. The minimum atomic E-state index is -1.02. The highest BCUT2D eigenvalue weighted by molar-refractivity contribution is 7.98. The van der Waals surface area contributed by atoms with Gasteiger partial charge in [-0.1, -0.05) is 66.7 Å². The lowest BCUT2D eigenvalue weighted by Gasteiger charge is -2.29. The molecule has 1 aliphatic heterocycles. The zero-order chi connectivity index (χ0) is 29.4. The average molecular weight is 576 g/mol. The molecule has 0 aromatic heterocycles. The molecule has 4 rings (SSSR count). The predicted molar refractivity (Wildman–Crippen MR) is 153 cm³/mol. The molecule has 0 spiro atoms. The number of carbonyl (C=O) groups is 4. The fourth-order valence-corrected chi connectivity index (χ4v) is 5.44. The molecule has 0 fully saturated rings. The molecule has 3 aromatic rings. The standard InChI is InChI=1S/C29H29N5O6S/c30-28(37)25-19-41-18-22-11-12-23(34(39)40)13-24(22)29(38)33(15-21-9-5-2-6-10-21)17-27(36)32(16-26(35)31-25)14-20-7-3-1-4-8-20/h1-13,25H,14-19H2,(H2,30,37)(H,31,35)/t25-/m0/s1. The average Bonchev–Trinajstić information content (AvgIpc) is 2.96. The van der Waals surface area contributed by atoms with Gasteiger partial charge >= 0.3 is 0 Å². The van der Waals surface area contributed by atoms with Crippen molar-refractivity contribution in [3.63, 3.8) is 0 Å². The van der Waals surface area contributed by atoms with Crippen molar-refractivity contribution in [1.82, 2.24) is 15.1 Å². The zero-order valence-electron chi connectivity index (χ0n) is 22.1.